The highest BCUT2D eigenvalue weighted by molar-refractivity contribution is 8.00. The Kier molecular flexibility index (Phi) is 7.09. The number of aryl methyl sites for hydroxylation is 1. The summed E-state index contributed by atoms with van der Waals surface area (Å²) in [5, 5.41) is 2.04. The summed E-state index contributed by atoms with van der Waals surface area (Å²) in [4.78, 5) is 24.1. The molecule has 0 radical (unpaired) electrons. The number of carbonyl (C=O) groups excluding carboxylic acids is 1. The van der Waals surface area contributed by atoms with Crippen LogP contribution in [0.3, 0.4) is 0 Å². The topological polar surface area (TPSA) is 72.7 Å². The number of imidazole rings is 1. The van der Waals surface area contributed by atoms with Gasteiger partial charge in [0, 0.05) is 31.0 Å². The molecule has 0 saturated carbocycles. The maximum Gasteiger partial charge on any atom is 0.433 e. The molecular formula is C20H20F3N5OS. The van der Waals surface area contributed by atoms with E-state index >= 15 is 0 Å². The zero-order chi connectivity index (χ0) is 21.6. The van der Waals surface area contributed by atoms with Crippen LogP contribution in [0.5, 0.6) is 0 Å². The minimum Gasteiger partial charge on any atom is -0.355 e. The van der Waals surface area contributed by atoms with Gasteiger partial charge in [0.25, 0.3) is 0 Å². The van der Waals surface area contributed by atoms with Gasteiger partial charge < -0.3 is 9.88 Å². The third kappa shape index (κ3) is 6.06. The van der Waals surface area contributed by atoms with E-state index in [0.717, 1.165) is 17.8 Å². The first-order valence-electron chi connectivity index (χ1n) is 9.25. The van der Waals surface area contributed by atoms with Crippen molar-refractivity contribution in [1.29, 1.82) is 0 Å². The lowest BCUT2D eigenvalue weighted by Gasteiger charge is -2.14. The fraction of sp³-hybridized carbons (Fsp3) is 0.300. The molecular weight excluding hydrogens is 415 g/mol. The molecule has 0 aliphatic rings. The molecule has 3 rings (SSSR count). The van der Waals surface area contributed by atoms with Crippen LogP contribution in [-0.2, 0) is 17.5 Å². The Morgan fingerprint density at radius 3 is 2.67 bits per heavy atom. The van der Waals surface area contributed by atoms with Crippen molar-refractivity contribution >= 4 is 17.7 Å². The molecule has 3 aromatic rings. The molecule has 2 heterocycles. The van der Waals surface area contributed by atoms with Gasteiger partial charge in [-0.1, -0.05) is 42.1 Å². The van der Waals surface area contributed by atoms with Crippen molar-refractivity contribution < 1.29 is 18.0 Å². The van der Waals surface area contributed by atoms with Gasteiger partial charge in [0.15, 0.2) is 5.16 Å². The molecule has 1 N–H and O–H groups in total. The van der Waals surface area contributed by atoms with Crippen molar-refractivity contribution in [2.45, 2.75) is 36.5 Å². The highest BCUT2D eigenvalue weighted by atomic mass is 32.2. The summed E-state index contributed by atoms with van der Waals surface area (Å²) in [6.07, 6.45) is 1.29. The average molecular weight is 435 g/mol. The largest absolute Gasteiger partial charge is 0.433 e. The summed E-state index contributed by atoms with van der Waals surface area (Å²) >= 11 is 0.897. The first kappa shape index (κ1) is 21.8. The molecule has 2 aromatic heterocycles. The van der Waals surface area contributed by atoms with E-state index in [9.17, 15) is 18.0 Å². The molecule has 0 aliphatic heterocycles. The SMILES string of the molecule is CC(Sc1nc(-c2ccccc2)cc(C(F)(F)F)n1)C(=O)NCCCn1ccnc1. The van der Waals surface area contributed by atoms with Crippen molar-refractivity contribution in [2.24, 2.45) is 0 Å². The van der Waals surface area contributed by atoms with Gasteiger partial charge in [-0.05, 0) is 19.4 Å². The lowest BCUT2D eigenvalue weighted by Crippen LogP contribution is -2.32. The van der Waals surface area contributed by atoms with Crippen LogP contribution in [0.25, 0.3) is 11.3 Å². The Morgan fingerprint density at radius 2 is 2.00 bits per heavy atom. The van der Waals surface area contributed by atoms with Gasteiger partial charge in [-0.3, -0.25) is 4.79 Å². The molecule has 6 nitrogen and oxygen atoms in total. The first-order chi connectivity index (χ1) is 14.3. The summed E-state index contributed by atoms with van der Waals surface area (Å²) in [5.41, 5.74) is -0.330. The third-order valence-corrected chi connectivity index (χ3v) is 5.13. The minimum absolute atomic E-state index is 0.0928. The number of hydrogen-bond donors (Lipinski definition) is 1. The summed E-state index contributed by atoms with van der Waals surface area (Å²) in [5.74, 6) is -0.284. The molecule has 10 heteroatoms. The smallest absolute Gasteiger partial charge is 0.355 e. The quantitative estimate of drug-likeness (QED) is 0.328. The minimum atomic E-state index is -4.61. The first-order valence-corrected chi connectivity index (χ1v) is 10.1. The summed E-state index contributed by atoms with van der Waals surface area (Å²) < 4.78 is 41.8. The molecule has 0 fully saturated rings. The molecule has 0 saturated heterocycles. The van der Waals surface area contributed by atoms with Gasteiger partial charge in [0.1, 0.15) is 5.69 Å². The Bertz CT molecular complexity index is 964. The van der Waals surface area contributed by atoms with Crippen LogP contribution in [0.2, 0.25) is 0 Å². The molecule has 1 amide bonds. The second-order valence-electron chi connectivity index (χ2n) is 6.49. The standard InChI is InChI=1S/C20H20F3N5OS/c1-14(18(29)25-8-5-10-28-11-9-24-13-28)30-19-26-16(15-6-3-2-4-7-15)12-17(27-19)20(21,22)23/h2-4,6-7,9,11-14H,5,8,10H2,1H3,(H,25,29). The van der Waals surface area contributed by atoms with Crippen LogP contribution >= 0.6 is 11.8 Å². The number of thioether (sulfide) groups is 1. The molecule has 1 unspecified atom stereocenters. The van der Waals surface area contributed by atoms with Crippen LogP contribution in [0.1, 0.15) is 19.0 Å². The molecule has 0 bridgehead atoms. The molecule has 1 atom stereocenters. The number of amides is 1. The number of carbonyl (C=O) groups is 1. The molecule has 158 valence electrons. The van der Waals surface area contributed by atoms with Gasteiger partial charge in [0.05, 0.1) is 17.3 Å². The van der Waals surface area contributed by atoms with E-state index in [-0.39, 0.29) is 16.8 Å². The second kappa shape index (κ2) is 9.75. The van der Waals surface area contributed by atoms with Crippen molar-refractivity contribution in [1.82, 2.24) is 24.8 Å². The van der Waals surface area contributed by atoms with Gasteiger partial charge >= 0.3 is 6.18 Å². The molecule has 1 aromatic carbocycles. The molecule has 30 heavy (non-hydrogen) atoms. The summed E-state index contributed by atoms with van der Waals surface area (Å²) in [7, 11) is 0. The van der Waals surface area contributed by atoms with E-state index in [1.807, 2.05) is 10.8 Å². The van der Waals surface area contributed by atoms with Gasteiger partial charge in [-0.2, -0.15) is 13.2 Å². The van der Waals surface area contributed by atoms with Crippen molar-refractivity contribution in [3.05, 3.63) is 60.8 Å². The number of hydrogen-bond acceptors (Lipinski definition) is 5. The van der Waals surface area contributed by atoms with Crippen LogP contribution < -0.4 is 5.32 Å². The average Bonchev–Trinajstić information content (AvgIpc) is 3.24. The van der Waals surface area contributed by atoms with E-state index in [4.69, 9.17) is 0 Å². The summed E-state index contributed by atoms with van der Waals surface area (Å²) in [6, 6.07) is 9.47. The normalized spacial score (nSPS) is 12.5. The lowest BCUT2D eigenvalue weighted by atomic mass is 10.1. The van der Waals surface area contributed by atoms with E-state index in [1.54, 1.807) is 49.8 Å². The van der Waals surface area contributed by atoms with Crippen LogP contribution in [0.4, 0.5) is 13.2 Å². The van der Waals surface area contributed by atoms with E-state index < -0.39 is 17.1 Å². The van der Waals surface area contributed by atoms with E-state index in [0.29, 0.717) is 25.1 Å². The Labute approximate surface area is 176 Å². The number of nitrogens with one attached hydrogen (secondary N) is 1. The molecule has 0 aliphatic carbocycles. The van der Waals surface area contributed by atoms with Gasteiger partial charge in [-0.25, -0.2) is 15.0 Å². The Balaban J connectivity index is 1.66. The number of halogens is 3. The van der Waals surface area contributed by atoms with Gasteiger partial charge in [0.2, 0.25) is 5.91 Å². The number of alkyl halides is 3. The zero-order valence-corrected chi connectivity index (χ0v) is 17.0. The predicted molar refractivity (Wildman–Crippen MR) is 108 cm³/mol. The fourth-order valence-corrected chi connectivity index (χ4v) is 3.44. The number of rotatable bonds is 8. The van der Waals surface area contributed by atoms with Crippen LogP contribution in [0.15, 0.2) is 60.3 Å². The van der Waals surface area contributed by atoms with E-state index in [2.05, 4.69) is 20.3 Å². The predicted octanol–water partition coefficient (Wildman–Crippen LogP) is 4.05. The molecule has 0 spiro atoms. The highest BCUT2D eigenvalue weighted by Crippen LogP contribution is 2.32. The Morgan fingerprint density at radius 1 is 1.23 bits per heavy atom. The number of nitrogens with zero attached hydrogens (tertiary/aromatic N) is 4. The van der Waals surface area contributed by atoms with E-state index in [1.165, 1.54) is 0 Å². The third-order valence-electron chi connectivity index (χ3n) is 4.17. The van der Waals surface area contributed by atoms with Crippen LogP contribution in [-0.4, -0.2) is 37.2 Å². The Hall–Kier alpha value is -2.88. The van der Waals surface area contributed by atoms with Crippen LogP contribution in [0, 0.1) is 0 Å². The van der Waals surface area contributed by atoms with Crippen molar-refractivity contribution in [2.75, 3.05) is 6.54 Å². The number of aromatic nitrogens is 4. The maximum atomic E-state index is 13.3. The zero-order valence-electron chi connectivity index (χ0n) is 16.1. The lowest BCUT2D eigenvalue weighted by molar-refractivity contribution is -0.141. The van der Waals surface area contributed by atoms with Crippen molar-refractivity contribution in [3.8, 4) is 11.3 Å². The number of benzene rings is 1. The fourth-order valence-electron chi connectivity index (χ4n) is 2.63. The summed E-state index contributed by atoms with van der Waals surface area (Å²) in [6.45, 7) is 2.77. The highest BCUT2D eigenvalue weighted by Gasteiger charge is 2.34. The van der Waals surface area contributed by atoms with Gasteiger partial charge in [-0.15, -0.1) is 0 Å². The second-order valence-corrected chi connectivity index (χ2v) is 7.80. The van der Waals surface area contributed by atoms with Crippen molar-refractivity contribution in [3.63, 3.8) is 0 Å². The maximum absolute atomic E-state index is 13.3. The monoisotopic (exact) mass is 435 g/mol.